The number of β-amino-alcohol motifs (C(OH)–C–C–N with tert-alkyl or cyclic N) is 1. The Morgan fingerprint density at radius 1 is 1.19 bits per heavy atom. The molecule has 1 N–H and O–H groups in total. The number of hydrogen-bond acceptors (Lipinski definition) is 6. The molecule has 2 aliphatic rings. The lowest BCUT2D eigenvalue weighted by Gasteiger charge is -2.37. The largest absolute Gasteiger partial charge is 0.489 e. The third kappa shape index (κ3) is 5.54. The number of carbonyl (C=O) groups is 1. The summed E-state index contributed by atoms with van der Waals surface area (Å²) < 4.78 is 12.3. The summed E-state index contributed by atoms with van der Waals surface area (Å²) >= 11 is 0. The molecule has 7 nitrogen and oxygen atoms in total. The Morgan fingerprint density at radius 3 is 2.74 bits per heavy atom. The standard InChI is InChI=1S/C24H31N3O4/c1-24(2)10-6-12-26(16-22(29)27-14-19(28)15-27)13-18-7-5-11-25-23(18)31-21-9-4-3-8-20(21)30-17-24/h3-5,7-9,11,19,28H,6,10,12-17H2,1-2H3. The van der Waals surface area contributed by atoms with E-state index in [1.54, 1.807) is 11.1 Å². The summed E-state index contributed by atoms with van der Waals surface area (Å²) in [5.74, 6) is 1.91. The molecule has 166 valence electrons. The van der Waals surface area contributed by atoms with Crippen molar-refractivity contribution < 1.29 is 19.4 Å². The van der Waals surface area contributed by atoms with E-state index in [0.717, 1.165) is 24.9 Å². The van der Waals surface area contributed by atoms with Crippen LogP contribution in [0.1, 0.15) is 32.3 Å². The molecule has 0 unspecified atom stereocenters. The lowest BCUT2D eigenvalue weighted by molar-refractivity contribution is -0.142. The summed E-state index contributed by atoms with van der Waals surface area (Å²) in [7, 11) is 0. The summed E-state index contributed by atoms with van der Waals surface area (Å²) in [6.45, 7) is 7.49. The monoisotopic (exact) mass is 425 g/mol. The zero-order valence-electron chi connectivity index (χ0n) is 18.3. The summed E-state index contributed by atoms with van der Waals surface area (Å²) in [6, 6.07) is 11.5. The van der Waals surface area contributed by atoms with E-state index in [1.165, 1.54) is 0 Å². The van der Waals surface area contributed by atoms with Crippen LogP contribution in [-0.4, -0.2) is 64.7 Å². The topological polar surface area (TPSA) is 75.1 Å². The second kappa shape index (κ2) is 9.24. The molecule has 0 aliphatic carbocycles. The molecule has 0 bridgehead atoms. The first-order chi connectivity index (χ1) is 14.9. The zero-order chi connectivity index (χ0) is 21.8. The number of para-hydroxylation sites is 2. The molecule has 2 aliphatic heterocycles. The number of hydrogen-bond donors (Lipinski definition) is 1. The highest BCUT2D eigenvalue weighted by Crippen LogP contribution is 2.34. The van der Waals surface area contributed by atoms with Gasteiger partial charge >= 0.3 is 0 Å². The Hall–Kier alpha value is -2.64. The van der Waals surface area contributed by atoms with Crippen molar-refractivity contribution in [2.24, 2.45) is 5.41 Å². The summed E-state index contributed by atoms with van der Waals surface area (Å²) in [5, 5.41) is 9.53. The van der Waals surface area contributed by atoms with E-state index in [2.05, 4.69) is 23.7 Å². The number of nitrogens with zero attached hydrogens (tertiary/aromatic N) is 3. The van der Waals surface area contributed by atoms with E-state index in [4.69, 9.17) is 9.47 Å². The highest BCUT2D eigenvalue weighted by atomic mass is 16.5. The number of amides is 1. The van der Waals surface area contributed by atoms with Crippen molar-refractivity contribution in [3.05, 3.63) is 48.2 Å². The van der Waals surface area contributed by atoms with E-state index in [-0.39, 0.29) is 11.3 Å². The normalized spacial score (nSPS) is 19.9. The second-order valence-corrected chi connectivity index (χ2v) is 9.24. The molecule has 4 rings (SSSR count). The lowest BCUT2D eigenvalue weighted by Crippen LogP contribution is -2.55. The molecule has 0 spiro atoms. The third-order valence-corrected chi connectivity index (χ3v) is 5.82. The maximum absolute atomic E-state index is 12.7. The number of carbonyl (C=O) groups excluding carboxylic acids is 1. The number of ether oxygens (including phenoxy) is 2. The molecule has 0 radical (unpaired) electrons. The van der Waals surface area contributed by atoms with Crippen molar-refractivity contribution in [2.45, 2.75) is 39.3 Å². The molecule has 0 saturated carbocycles. The van der Waals surface area contributed by atoms with Gasteiger partial charge in [-0.15, -0.1) is 0 Å². The molecule has 7 heteroatoms. The third-order valence-electron chi connectivity index (χ3n) is 5.82. The van der Waals surface area contributed by atoms with Gasteiger partial charge in [0.1, 0.15) is 0 Å². The van der Waals surface area contributed by atoms with Crippen LogP contribution in [0.15, 0.2) is 42.6 Å². The fourth-order valence-corrected chi connectivity index (χ4v) is 3.93. The molecule has 3 heterocycles. The summed E-state index contributed by atoms with van der Waals surface area (Å²) in [6.07, 6.45) is 3.24. The number of likely N-dealkylation sites (tertiary alicyclic amines) is 1. The minimum atomic E-state index is -0.391. The van der Waals surface area contributed by atoms with Gasteiger partial charge < -0.3 is 19.5 Å². The average molecular weight is 426 g/mol. The Morgan fingerprint density at radius 2 is 1.97 bits per heavy atom. The van der Waals surface area contributed by atoms with Gasteiger partial charge in [-0.3, -0.25) is 9.69 Å². The average Bonchev–Trinajstić information content (AvgIpc) is 2.72. The van der Waals surface area contributed by atoms with E-state index in [0.29, 0.717) is 50.2 Å². The van der Waals surface area contributed by atoms with E-state index >= 15 is 0 Å². The molecule has 1 fully saturated rings. The Bertz CT molecular complexity index is 911. The Labute approximate surface area is 183 Å². The van der Waals surface area contributed by atoms with Crippen molar-refractivity contribution in [1.29, 1.82) is 0 Å². The molecule has 1 amide bonds. The van der Waals surface area contributed by atoms with Crippen molar-refractivity contribution >= 4 is 5.91 Å². The van der Waals surface area contributed by atoms with Crippen LogP contribution < -0.4 is 9.47 Å². The minimum absolute atomic E-state index is 0.0104. The predicted molar refractivity (Wildman–Crippen MR) is 117 cm³/mol. The molecule has 2 aromatic rings. The van der Waals surface area contributed by atoms with Crippen LogP contribution in [0.5, 0.6) is 17.4 Å². The SMILES string of the molecule is CC1(C)CCCN(CC(=O)N2CC(O)C2)Cc2cccnc2Oc2ccccc2OC1. The van der Waals surface area contributed by atoms with Gasteiger partial charge in [-0.2, -0.15) is 0 Å². The van der Waals surface area contributed by atoms with Gasteiger partial charge in [0.2, 0.25) is 11.8 Å². The number of aromatic nitrogens is 1. The highest BCUT2D eigenvalue weighted by Gasteiger charge is 2.30. The van der Waals surface area contributed by atoms with Crippen LogP contribution in [0.2, 0.25) is 0 Å². The maximum Gasteiger partial charge on any atom is 0.236 e. The van der Waals surface area contributed by atoms with Gasteiger partial charge in [0, 0.05) is 31.4 Å². The molecule has 1 saturated heterocycles. The van der Waals surface area contributed by atoms with Gasteiger partial charge in [-0.05, 0) is 43.0 Å². The predicted octanol–water partition coefficient (Wildman–Crippen LogP) is 3.08. The smallest absolute Gasteiger partial charge is 0.236 e. The second-order valence-electron chi connectivity index (χ2n) is 9.24. The number of rotatable bonds is 2. The molecular formula is C24H31N3O4. The molecular weight excluding hydrogens is 394 g/mol. The maximum atomic E-state index is 12.7. The van der Waals surface area contributed by atoms with Crippen LogP contribution in [0.25, 0.3) is 0 Å². The molecule has 31 heavy (non-hydrogen) atoms. The van der Waals surface area contributed by atoms with Crippen LogP contribution >= 0.6 is 0 Å². The Balaban J connectivity index is 1.59. The zero-order valence-corrected chi connectivity index (χ0v) is 18.3. The van der Waals surface area contributed by atoms with E-state index in [1.807, 2.05) is 36.4 Å². The number of benzene rings is 1. The molecule has 1 aromatic heterocycles. The van der Waals surface area contributed by atoms with Gasteiger partial charge in [0.05, 0.1) is 19.3 Å². The van der Waals surface area contributed by atoms with Crippen LogP contribution in [-0.2, 0) is 11.3 Å². The first-order valence-electron chi connectivity index (χ1n) is 10.9. The van der Waals surface area contributed by atoms with Crippen LogP contribution in [0, 0.1) is 5.41 Å². The van der Waals surface area contributed by atoms with E-state index in [9.17, 15) is 9.90 Å². The fourth-order valence-electron chi connectivity index (χ4n) is 3.93. The van der Waals surface area contributed by atoms with Crippen molar-refractivity contribution in [2.75, 3.05) is 32.8 Å². The van der Waals surface area contributed by atoms with Crippen molar-refractivity contribution in [3.63, 3.8) is 0 Å². The van der Waals surface area contributed by atoms with Gasteiger partial charge in [0.25, 0.3) is 0 Å². The number of aliphatic hydroxyl groups excluding tert-OH is 1. The minimum Gasteiger partial charge on any atom is -0.489 e. The number of pyridine rings is 1. The summed E-state index contributed by atoms with van der Waals surface area (Å²) in [4.78, 5) is 21.0. The van der Waals surface area contributed by atoms with Gasteiger partial charge in [-0.25, -0.2) is 4.98 Å². The van der Waals surface area contributed by atoms with Crippen molar-refractivity contribution in [1.82, 2.24) is 14.8 Å². The van der Waals surface area contributed by atoms with Crippen LogP contribution in [0.3, 0.4) is 0 Å². The quantitative estimate of drug-likeness (QED) is 0.797. The first kappa shape index (κ1) is 21.6. The summed E-state index contributed by atoms with van der Waals surface area (Å²) in [5.41, 5.74) is 0.913. The fraction of sp³-hybridized carbons (Fsp3) is 0.500. The first-order valence-corrected chi connectivity index (χ1v) is 10.9. The van der Waals surface area contributed by atoms with E-state index < -0.39 is 6.10 Å². The highest BCUT2D eigenvalue weighted by molar-refractivity contribution is 5.79. The Kier molecular flexibility index (Phi) is 6.43. The molecule has 0 atom stereocenters. The van der Waals surface area contributed by atoms with Crippen LogP contribution in [0.4, 0.5) is 0 Å². The van der Waals surface area contributed by atoms with Crippen molar-refractivity contribution in [3.8, 4) is 17.4 Å². The number of fused-ring (bicyclic) bond motifs is 2. The lowest BCUT2D eigenvalue weighted by atomic mass is 9.88. The van der Waals surface area contributed by atoms with Gasteiger partial charge in [-0.1, -0.05) is 32.0 Å². The molecule has 1 aromatic carbocycles. The van der Waals surface area contributed by atoms with Gasteiger partial charge in [0.15, 0.2) is 11.5 Å². The number of aliphatic hydroxyl groups is 1.